The molecule has 0 saturated heterocycles. The lowest BCUT2D eigenvalue weighted by Crippen LogP contribution is -2.09. The van der Waals surface area contributed by atoms with Crippen molar-refractivity contribution in [2.75, 3.05) is 5.73 Å². The van der Waals surface area contributed by atoms with E-state index in [0.29, 0.717) is 28.5 Å². The van der Waals surface area contributed by atoms with Crippen molar-refractivity contribution in [3.63, 3.8) is 0 Å². The second-order valence-electron chi connectivity index (χ2n) is 5.37. The number of nitrogens with two attached hydrogens (primary N) is 1. The van der Waals surface area contributed by atoms with Crippen LogP contribution in [-0.4, -0.2) is 5.97 Å². The van der Waals surface area contributed by atoms with Crippen LogP contribution in [0.1, 0.15) is 15.9 Å². The molecule has 0 aliphatic rings. The molecule has 4 nitrogen and oxygen atoms in total. The Hall–Kier alpha value is -3.27. The van der Waals surface area contributed by atoms with E-state index < -0.39 is 5.97 Å². The number of hydrogen-bond acceptors (Lipinski definition) is 4. The molecular formula is C20H17NO3. The van der Waals surface area contributed by atoms with Gasteiger partial charge < -0.3 is 15.2 Å². The summed E-state index contributed by atoms with van der Waals surface area (Å²) in [6.45, 7) is 1.97. The third-order valence-corrected chi connectivity index (χ3v) is 3.45. The largest absolute Gasteiger partial charge is 0.455 e. The summed E-state index contributed by atoms with van der Waals surface area (Å²) < 4.78 is 11.0. The molecule has 0 saturated carbocycles. The zero-order chi connectivity index (χ0) is 16.9. The molecule has 0 spiro atoms. The highest BCUT2D eigenvalue weighted by atomic mass is 16.5. The molecule has 0 aliphatic heterocycles. The number of carbonyl (C=O) groups is 1. The van der Waals surface area contributed by atoms with E-state index in [1.807, 2.05) is 49.4 Å². The third-order valence-electron chi connectivity index (χ3n) is 3.45. The molecular weight excluding hydrogens is 302 g/mol. The monoisotopic (exact) mass is 319 g/mol. The van der Waals surface area contributed by atoms with Crippen LogP contribution in [0.25, 0.3) is 0 Å². The lowest BCUT2D eigenvalue weighted by atomic mass is 10.2. The Morgan fingerprint density at radius 1 is 0.875 bits per heavy atom. The fraction of sp³-hybridized carbons (Fsp3) is 0.0500. The SMILES string of the molecule is Cc1ccc(OC(=O)c2ccc(Oc3ccccc3)c(N)c2)cc1. The zero-order valence-electron chi connectivity index (χ0n) is 13.2. The Kier molecular flexibility index (Phi) is 4.47. The summed E-state index contributed by atoms with van der Waals surface area (Å²) in [6.07, 6.45) is 0. The molecule has 0 bridgehead atoms. The maximum Gasteiger partial charge on any atom is 0.343 e. The molecule has 0 unspecified atom stereocenters. The summed E-state index contributed by atoms with van der Waals surface area (Å²) in [7, 11) is 0. The molecule has 0 heterocycles. The minimum absolute atomic E-state index is 0.369. The predicted octanol–water partition coefficient (Wildman–Crippen LogP) is 4.59. The molecule has 24 heavy (non-hydrogen) atoms. The standard InChI is InChI=1S/C20H17NO3/c1-14-7-10-17(11-8-14)24-20(22)15-9-12-19(18(21)13-15)23-16-5-3-2-4-6-16/h2-13H,21H2,1H3. The van der Waals surface area contributed by atoms with E-state index in [9.17, 15) is 4.79 Å². The molecule has 0 amide bonds. The second-order valence-corrected chi connectivity index (χ2v) is 5.37. The number of esters is 1. The van der Waals surface area contributed by atoms with E-state index >= 15 is 0 Å². The van der Waals surface area contributed by atoms with E-state index in [2.05, 4.69) is 0 Å². The van der Waals surface area contributed by atoms with Gasteiger partial charge in [-0.25, -0.2) is 4.79 Å². The topological polar surface area (TPSA) is 61.5 Å². The number of aryl methyl sites for hydroxylation is 1. The van der Waals surface area contributed by atoms with Gasteiger partial charge >= 0.3 is 5.97 Å². The van der Waals surface area contributed by atoms with Crippen LogP contribution >= 0.6 is 0 Å². The van der Waals surface area contributed by atoms with Crippen LogP contribution in [0.5, 0.6) is 17.2 Å². The van der Waals surface area contributed by atoms with E-state index in [1.54, 1.807) is 30.3 Å². The lowest BCUT2D eigenvalue weighted by Gasteiger charge is -2.10. The minimum Gasteiger partial charge on any atom is -0.455 e. The number of anilines is 1. The maximum atomic E-state index is 12.2. The van der Waals surface area contributed by atoms with Gasteiger partial charge in [-0.3, -0.25) is 0 Å². The van der Waals surface area contributed by atoms with Crippen LogP contribution in [0.3, 0.4) is 0 Å². The highest BCUT2D eigenvalue weighted by Gasteiger charge is 2.12. The van der Waals surface area contributed by atoms with Gasteiger partial charge in [0.25, 0.3) is 0 Å². The number of para-hydroxylation sites is 1. The van der Waals surface area contributed by atoms with Gasteiger partial charge in [-0.15, -0.1) is 0 Å². The first-order chi connectivity index (χ1) is 11.6. The molecule has 3 aromatic carbocycles. The fourth-order valence-electron chi connectivity index (χ4n) is 2.16. The normalized spacial score (nSPS) is 10.2. The van der Waals surface area contributed by atoms with Crippen molar-refractivity contribution in [3.05, 3.63) is 83.9 Å². The van der Waals surface area contributed by atoms with Crippen LogP contribution < -0.4 is 15.2 Å². The van der Waals surface area contributed by atoms with Crippen LogP contribution in [0.15, 0.2) is 72.8 Å². The molecule has 2 N–H and O–H groups in total. The smallest absolute Gasteiger partial charge is 0.343 e. The van der Waals surface area contributed by atoms with Gasteiger partial charge in [0.2, 0.25) is 0 Å². The van der Waals surface area contributed by atoms with Crippen molar-refractivity contribution in [2.45, 2.75) is 6.92 Å². The summed E-state index contributed by atoms with van der Waals surface area (Å²) in [5, 5.41) is 0. The Bertz CT molecular complexity index is 843. The molecule has 0 atom stereocenters. The van der Waals surface area contributed by atoms with Gasteiger partial charge in [0.1, 0.15) is 17.2 Å². The Labute approximate surface area is 140 Å². The van der Waals surface area contributed by atoms with E-state index in [-0.39, 0.29) is 0 Å². The third kappa shape index (κ3) is 3.73. The summed E-state index contributed by atoms with van der Waals surface area (Å²) in [4.78, 5) is 12.2. The Morgan fingerprint density at radius 3 is 2.25 bits per heavy atom. The van der Waals surface area contributed by atoms with Crippen molar-refractivity contribution in [2.24, 2.45) is 0 Å². The highest BCUT2D eigenvalue weighted by molar-refractivity contribution is 5.92. The summed E-state index contributed by atoms with van der Waals surface area (Å²) in [5.41, 5.74) is 7.83. The van der Waals surface area contributed by atoms with Crippen LogP contribution in [-0.2, 0) is 0 Å². The number of hydrogen-bond donors (Lipinski definition) is 1. The Balaban J connectivity index is 1.74. The van der Waals surface area contributed by atoms with Crippen molar-refractivity contribution >= 4 is 11.7 Å². The van der Waals surface area contributed by atoms with Gasteiger partial charge in [-0.2, -0.15) is 0 Å². The van der Waals surface area contributed by atoms with E-state index in [0.717, 1.165) is 5.56 Å². The van der Waals surface area contributed by atoms with Gasteiger partial charge in [0, 0.05) is 0 Å². The maximum absolute atomic E-state index is 12.2. The molecule has 3 rings (SSSR count). The first-order valence-corrected chi connectivity index (χ1v) is 7.53. The van der Waals surface area contributed by atoms with Crippen LogP contribution in [0.2, 0.25) is 0 Å². The minimum atomic E-state index is -0.461. The van der Waals surface area contributed by atoms with Gasteiger partial charge in [-0.1, -0.05) is 35.9 Å². The van der Waals surface area contributed by atoms with Crippen molar-refractivity contribution in [3.8, 4) is 17.2 Å². The van der Waals surface area contributed by atoms with E-state index in [4.69, 9.17) is 15.2 Å². The Morgan fingerprint density at radius 2 is 1.58 bits per heavy atom. The van der Waals surface area contributed by atoms with Crippen molar-refractivity contribution in [1.82, 2.24) is 0 Å². The molecule has 0 aromatic heterocycles. The molecule has 0 fully saturated rings. The van der Waals surface area contributed by atoms with Gasteiger partial charge in [0.15, 0.2) is 0 Å². The first kappa shape index (κ1) is 15.6. The summed E-state index contributed by atoms with van der Waals surface area (Å²) >= 11 is 0. The molecule has 0 radical (unpaired) electrons. The number of ether oxygens (including phenoxy) is 2. The lowest BCUT2D eigenvalue weighted by molar-refractivity contribution is 0.0735. The summed E-state index contributed by atoms with van der Waals surface area (Å²) in [5.74, 6) is 1.21. The number of nitrogen functional groups attached to an aromatic ring is 1. The van der Waals surface area contributed by atoms with Gasteiger partial charge in [0.05, 0.1) is 11.3 Å². The molecule has 4 heteroatoms. The quantitative estimate of drug-likeness (QED) is 0.434. The summed E-state index contributed by atoms with van der Waals surface area (Å²) in [6, 6.07) is 21.4. The highest BCUT2D eigenvalue weighted by Crippen LogP contribution is 2.28. The van der Waals surface area contributed by atoms with Gasteiger partial charge in [-0.05, 0) is 49.4 Å². The van der Waals surface area contributed by atoms with Crippen molar-refractivity contribution < 1.29 is 14.3 Å². The molecule has 120 valence electrons. The fourth-order valence-corrected chi connectivity index (χ4v) is 2.16. The second kappa shape index (κ2) is 6.87. The number of rotatable bonds is 4. The first-order valence-electron chi connectivity index (χ1n) is 7.53. The molecule has 3 aromatic rings. The average molecular weight is 319 g/mol. The average Bonchev–Trinajstić information content (AvgIpc) is 2.59. The number of carbonyl (C=O) groups excluding carboxylic acids is 1. The van der Waals surface area contributed by atoms with E-state index in [1.165, 1.54) is 0 Å². The van der Waals surface area contributed by atoms with Crippen LogP contribution in [0.4, 0.5) is 5.69 Å². The van der Waals surface area contributed by atoms with Crippen molar-refractivity contribution in [1.29, 1.82) is 0 Å². The predicted molar refractivity (Wildman–Crippen MR) is 93.5 cm³/mol. The van der Waals surface area contributed by atoms with Crippen LogP contribution in [0, 0.1) is 6.92 Å². The zero-order valence-corrected chi connectivity index (χ0v) is 13.2. The molecule has 0 aliphatic carbocycles. The number of benzene rings is 3.